The summed E-state index contributed by atoms with van der Waals surface area (Å²) >= 11 is 6.52. The van der Waals surface area contributed by atoms with Gasteiger partial charge in [-0.25, -0.2) is 9.79 Å². The predicted molar refractivity (Wildman–Crippen MR) is 122 cm³/mol. The van der Waals surface area contributed by atoms with Gasteiger partial charge in [0.25, 0.3) is 0 Å². The summed E-state index contributed by atoms with van der Waals surface area (Å²) in [5.74, 6) is 0.688. The molecule has 1 fully saturated rings. The second-order valence-corrected chi connectivity index (χ2v) is 7.69. The van der Waals surface area contributed by atoms with Crippen molar-refractivity contribution in [1.82, 2.24) is 4.90 Å². The van der Waals surface area contributed by atoms with Gasteiger partial charge in [-0.3, -0.25) is 0 Å². The van der Waals surface area contributed by atoms with Crippen molar-refractivity contribution >= 4 is 29.4 Å². The number of carbonyl (C=O) groups is 1. The van der Waals surface area contributed by atoms with Crippen LogP contribution in [-0.2, 0) is 9.53 Å². The number of rotatable bonds is 10. The van der Waals surface area contributed by atoms with E-state index in [9.17, 15) is 4.79 Å². The quantitative estimate of drug-likeness (QED) is 0.441. The Morgan fingerprint density at radius 2 is 2.03 bits per heavy atom. The number of carbonyl (C=O) groups excluding carboxylic acids is 1. The van der Waals surface area contributed by atoms with Crippen molar-refractivity contribution in [3.63, 3.8) is 0 Å². The maximum Gasteiger partial charge on any atom is 0.358 e. The maximum atomic E-state index is 12.3. The highest BCUT2D eigenvalue weighted by Crippen LogP contribution is 2.36. The van der Waals surface area contributed by atoms with Gasteiger partial charge in [-0.05, 0) is 32.8 Å². The third-order valence-electron chi connectivity index (χ3n) is 4.79. The SMILES string of the molecule is C=C(/N=C(C(=O)OC)\C(Cl)=C(/N)N(C/C=C/c1ccccc1OC)C(C)C)C1CC1. The van der Waals surface area contributed by atoms with Crippen LogP contribution in [0.5, 0.6) is 5.75 Å². The second-order valence-electron chi connectivity index (χ2n) is 7.31. The van der Waals surface area contributed by atoms with Crippen molar-refractivity contribution in [1.29, 1.82) is 0 Å². The van der Waals surface area contributed by atoms with Gasteiger partial charge in [0.2, 0.25) is 0 Å². The van der Waals surface area contributed by atoms with Gasteiger partial charge >= 0.3 is 5.97 Å². The number of nitrogens with zero attached hydrogens (tertiary/aromatic N) is 2. The van der Waals surface area contributed by atoms with Gasteiger partial charge in [-0.1, -0.05) is 48.5 Å². The number of esters is 1. The topological polar surface area (TPSA) is 77.1 Å². The molecule has 1 aromatic carbocycles. The molecule has 0 heterocycles. The highest BCUT2D eigenvalue weighted by atomic mass is 35.5. The number of aliphatic imine (C=N–C) groups is 1. The zero-order valence-electron chi connectivity index (χ0n) is 18.0. The number of hydrogen-bond donors (Lipinski definition) is 1. The van der Waals surface area contributed by atoms with E-state index in [2.05, 4.69) is 11.6 Å². The van der Waals surface area contributed by atoms with Crippen LogP contribution in [-0.4, -0.2) is 43.4 Å². The molecule has 162 valence electrons. The molecule has 1 aliphatic carbocycles. The van der Waals surface area contributed by atoms with Crippen LogP contribution < -0.4 is 10.5 Å². The summed E-state index contributed by atoms with van der Waals surface area (Å²) < 4.78 is 10.2. The summed E-state index contributed by atoms with van der Waals surface area (Å²) in [6.07, 6.45) is 5.95. The van der Waals surface area contributed by atoms with E-state index in [0.29, 0.717) is 18.2 Å². The van der Waals surface area contributed by atoms with Gasteiger partial charge in [0.1, 0.15) is 16.6 Å². The number of para-hydroxylation sites is 1. The number of halogens is 1. The second kappa shape index (κ2) is 10.9. The number of methoxy groups -OCH3 is 2. The van der Waals surface area contributed by atoms with E-state index in [1.807, 2.05) is 55.2 Å². The third-order valence-corrected chi connectivity index (χ3v) is 5.16. The molecule has 0 saturated heterocycles. The lowest BCUT2D eigenvalue weighted by molar-refractivity contribution is -0.132. The van der Waals surface area contributed by atoms with E-state index in [-0.39, 0.29) is 22.6 Å². The fourth-order valence-electron chi connectivity index (χ4n) is 2.86. The highest BCUT2D eigenvalue weighted by molar-refractivity contribution is 6.58. The van der Waals surface area contributed by atoms with Crippen molar-refractivity contribution in [2.45, 2.75) is 32.7 Å². The fraction of sp³-hybridized carbons (Fsp3) is 0.391. The Kier molecular flexibility index (Phi) is 8.54. The molecule has 0 radical (unpaired) electrons. The van der Waals surface area contributed by atoms with Crippen LogP contribution in [0.15, 0.2) is 58.5 Å². The van der Waals surface area contributed by atoms with Crippen LogP contribution >= 0.6 is 11.6 Å². The molecule has 0 aliphatic heterocycles. The van der Waals surface area contributed by atoms with Crippen molar-refractivity contribution in [3.8, 4) is 5.75 Å². The molecule has 0 bridgehead atoms. The summed E-state index contributed by atoms with van der Waals surface area (Å²) in [4.78, 5) is 18.5. The molecule has 0 atom stereocenters. The lowest BCUT2D eigenvalue weighted by Gasteiger charge is -2.28. The van der Waals surface area contributed by atoms with Gasteiger partial charge in [-0.15, -0.1) is 0 Å². The van der Waals surface area contributed by atoms with E-state index in [0.717, 1.165) is 24.2 Å². The molecule has 0 spiro atoms. The Morgan fingerprint density at radius 1 is 1.37 bits per heavy atom. The average Bonchev–Trinajstić information content (AvgIpc) is 3.59. The van der Waals surface area contributed by atoms with Gasteiger partial charge in [0.05, 0.1) is 14.2 Å². The monoisotopic (exact) mass is 431 g/mol. The van der Waals surface area contributed by atoms with Gasteiger partial charge in [0.15, 0.2) is 5.71 Å². The first-order valence-corrected chi connectivity index (χ1v) is 10.3. The Bertz CT molecular complexity index is 870. The molecule has 0 aromatic heterocycles. The Morgan fingerprint density at radius 3 is 2.60 bits per heavy atom. The van der Waals surface area contributed by atoms with Crippen molar-refractivity contribution in [2.75, 3.05) is 20.8 Å². The first kappa shape index (κ1) is 23.5. The van der Waals surface area contributed by atoms with Gasteiger partial charge < -0.3 is 20.1 Å². The number of allylic oxidation sites excluding steroid dienone is 1. The molecule has 2 rings (SSSR count). The molecule has 0 unspecified atom stereocenters. The summed E-state index contributed by atoms with van der Waals surface area (Å²) in [5.41, 5.74) is 7.91. The van der Waals surface area contributed by atoms with E-state index in [1.54, 1.807) is 7.11 Å². The maximum absolute atomic E-state index is 12.3. The molecule has 6 nitrogen and oxygen atoms in total. The summed E-state index contributed by atoms with van der Waals surface area (Å²) in [6, 6.07) is 7.76. The average molecular weight is 432 g/mol. The summed E-state index contributed by atoms with van der Waals surface area (Å²) in [5, 5.41) is 0.0584. The fourth-order valence-corrected chi connectivity index (χ4v) is 3.09. The Labute approximate surface area is 183 Å². The minimum Gasteiger partial charge on any atom is -0.496 e. The lowest BCUT2D eigenvalue weighted by Crippen LogP contribution is -2.36. The lowest BCUT2D eigenvalue weighted by atomic mass is 10.2. The number of ether oxygens (including phenoxy) is 2. The van der Waals surface area contributed by atoms with Crippen LogP contribution in [0.4, 0.5) is 0 Å². The van der Waals surface area contributed by atoms with Crippen LogP contribution in [0.25, 0.3) is 6.08 Å². The molecule has 7 heteroatoms. The molecule has 2 N–H and O–H groups in total. The van der Waals surface area contributed by atoms with E-state index < -0.39 is 5.97 Å². The molecule has 1 aliphatic rings. The standard InChI is InChI=1S/C23H30ClN3O3/c1-15(2)27(14-8-10-18-9-6-7-11-19(18)29-4)22(25)20(24)21(23(28)30-5)26-16(3)17-12-13-17/h6-11,15,17H,3,12-14,25H2,1-2,4-5H3/b10-8+,22-20-,26-21+. The zero-order valence-corrected chi connectivity index (χ0v) is 18.8. The van der Waals surface area contributed by atoms with Crippen molar-refractivity contribution in [2.24, 2.45) is 16.6 Å². The third kappa shape index (κ3) is 6.13. The zero-order chi connectivity index (χ0) is 22.3. The molecule has 0 amide bonds. The smallest absolute Gasteiger partial charge is 0.358 e. The van der Waals surface area contributed by atoms with Crippen LogP contribution in [0, 0.1) is 5.92 Å². The number of hydrogen-bond acceptors (Lipinski definition) is 6. The normalized spacial score (nSPS) is 15.2. The molecule has 1 saturated carbocycles. The highest BCUT2D eigenvalue weighted by Gasteiger charge is 2.28. The van der Waals surface area contributed by atoms with Crippen LogP contribution in [0.3, 0.4) is 0 Å². The predicted octanol–water partition coefficient (Wildman–Crippen LogP) is 4.32. The van der Waals surface area contributed by atoms with Crippen LogP contribution in [0.1, 0.15) is 32.3 Å². The van der Waals surface area contributed by atoms with Crippen molar-refractivity contribution in [3.05, 3.63) is 59.0 Å². The largest absolute Gasteiger partial charge is 0.496 e. The van der Waals surface area contributed by atoms with Gasteiger partial charge in [-0.2, -0.15) is 0 Å². The molecule has 1 aromatic rings. The first-order valence-electron chi connectivity index (χ1n) is 9.87. The van der Waals surface area contributed by atoms with Crippen LogP contribution in [0.2, 0.25) is 0 Å². The number of benzene rings is 1. The summed E-state index contributed by atoms with van der Waals surface area (Å²) in [7, 11) is 2.92. The minimum atomic E-state index is -0.641. The Balaban J connectivity index is 2.29. The number of nitrogens with two attached hydrogens (primary N) is 1. The minimum absolute atomic E-state index is 0.0204. The van der Waals surface area contributed by atoms with Gasteiger partial charge in [0, 0.05) is 29.8 Å². The van der Waals surface area contributed by atoms with Crippen molar-refractivity contribution < 1.29 is 14.3 Å². The molecular formula is C23H30ClN3O3. The first-order chi connectivity index (χ1) is 14.3. The Hall–Kier alpha value is -2.73. The van der Waals surface area contributed by atoms with E-state index in [1.165, 1.54) is 7.11 Å². The summed E-state index contributed by atoms with van der Waals surface area (Å²) in [6.45, 7) is 8.41. The van der Waals surface area contributed by atoms with E-state index >= 15 is 0 Å². The van der Waals surface area contributed by atoms with E-state index in [4.69, 9.17) is 26.8 Å². The molecule has 30 heavy (non-hydrogen) atoms. The molecular weight excluding hydrogens is 402 g/mol.